The lowest BCUT2D eigenvalue weighted by Crippen LogP contribution is -2.40. The van der Waals surface area contributed by atoms with Gasteiger partial charge in [0, 0.05) is 32.0 Å². The molecule has 1 fully saturated rings. The van der Waals surface area contributed by atoms with Crippen molar-refractivity contribution in [1.82, 2.24) is 15.3 Å². The van der Waals surface area contributed by atoms with Gasteiger partial charge in [-0.25, -0.2) is 9.97 Å². The fraction of sp³-hybridized carbons (Fsp3) is 0.421. The summed E-state index contributed by atoms with van der Waals surface area (Å²) in [5.74, 6) is 2.56. The Balaban J connectivity index is 1.34. The molecule has 0 saturated carbocycles. The lowest BCUT2D eigenvalue weighted by molar-refractivity contribution is -0.123. The Hall–Kier alpha value is -2.83. The Morgan fingerprint density at radius 3 is 2.46 bits per heavy atom. The first-order valence-corrected chi connectivity index (χ1v) is 8.80. The van der Waals surface area contributed by atoms with Crippen LogP contribution in [0.15, 0.2) is 42.7 Å². The van der Waals surface area contributed by atoms with Crippen LogP contribution in [-0.2, 0) is 4.79 Å². The molecule has 0 atom stereocenters. The molecule has 3 rings (SSSR count). The standard InChI is InChI=1S/C19H24N4O3/c1-25-16-3-5-17(6-4-16)26-14-18(24)22-13-15-7-11-23(12-8-15)19-20-9-2-10-21-19/h2-6,9-10,15H,7-8,11-14H2,1H3,(H,22,24). The maximum Gasteiger partial charge on any atom is 0.257 e. The summed E-state index contributed by atoms with van der Waals surface area (Å²) in [6.07, 6.45) is 5.55. The molecule has 138 valence electrons. The average molecular weight is 356 g/mol. The average Bonchev–Trinajstić information content (AvgIpc) is 2.72. The second kappa shape index (κ2) is 9.03. The van der Waals surface area contributed by atoms with Crippen LogP contribution in [0.5, 0.6) is 11.5 Å². The molecule has 0 spiro atoms. The van der Waals surface area contributed by atoms with Crippen molar-refractivity contribution in [2.75, 3.05) is 38.3 Å². The Bertz CT molecular complexity index is 686. The van der Waals surface area contributed by atoms with Gasteiger partial charge in [-0.3, -0.25) is 4.79 Å². The van der Waals surface area contributed by atoms with Gasteiger partial charge in [-0.05, 0) is 49.1 Å². The largest absolute Gasteiger partial charge is 0.497 e. The number of aromatic nitrogens is 2. The normalized spacial score (nSPS) is 14.7. The molecule has 0 unspecified atom stereocenters. The van der Waals surface area contributed by atoms with E-state index in [1.165, 1.54) is 0 Å². The molecule has 1 aromatic heterocycles. The highest BCUT2D eigenvalue weighted by atomic mass is 16.5. The highest BCUT2D eigenvalue weighted by Crippen LogP contribution is 2.20. The van der Waals surface area contributed by atoms with Gasteiger partial charge in [0.15, 0.2) is 6.61 Å². The summed E-state index contributed by atoms with van der Waals surface area (Å²) in [7, 11) is 1.61. The quantitative estimate of drug-likeness (QED) is 0.816. The first-order chi connectivity index (χ1) is 12.7. The number of benzene rings is 1. The number of methoxy groups -OCH3 is 1. The van der Waals surface area contributed by atoms with Gasteiger partial charge in [0.25, 0.3) is 5.91 Å². The maximum absolute atomic E-state index is 12.0. The van der Waals surface area contributed by atoms with Crippen LogP contribution in [0.25, 0.3) is 0 Å². The molecule has 1 aromatic carbocycles. The fourth-order valence-electron chi connectivity index (χ4n) is 2.92. The van der Waals surface area contributed by atoms with Gasteiger partial charge in [0.05, 0.1) is 7.11 Å². The molecule has 1 saturated heterocycles. The Morgan fingerprint density at radius 2 is 1.81 bits per heavy atom. The molecule has 7 heteroatoms. The van der Waals surface area contributed by atoms with Crippen LogP contribution < -0.4 is 19.7 Å². The van der Waals surface area contributed by atoms with Crippen LogP contribution in [0, 0.1) is 5.92 Å². The summed E-state index contributed by atoms with van der Waals surface area (Å²) in [4.78, 5) is 22.7. The van der Waals surface area contributed by atoms with Crippen molar-refractivity contribution >= 4 is 11.9 Å². The summed E-state index contributed by atoms with van der Waals surface area (Å²) in [6.45, 7) is 2.51. The molecule has 0 radical (unpaired) electrons. The minimum atomic E-state index is -0.102. The number of hydrogen-bond acceptors (Lipinski definition) is 6. The van der Waals surface area contributed by atoms with E-state index in [0.717, 1.165) is 37.6 Å². The molecule has 1 aliphatic rings. The molecular weight excluding hydrogens is 332 g/mol. The first kappa shape index (κ1) is 18.0. The minimum absolute atomic E-state index is 0.0169. The third-order valence-corrected chi connectivity index (χ3v) is 4.47. The van der Waals surface area contributed by atoms with Crippen LogP contribution in [0.2, 0.25) is 0 Å². The van der Waals surface area contributed by atoms with Crippen LogP contribution >= 0.6 is 0 Å². The van der Waals surface area contributed by atoms with E-state index in [1.54, 1.807) is 43.8 Å². The van der Waals surface area contributed by atoms with Gasteiger partial charge in [0.2, 0.25) is 5.95 Å². The number of carbonyl (C=O) groups excluding carboxylic acids is 1. The molecule has 1 N–H and O–H groups in total. The zero-order chi connectivity index (χ0) is 18.2. The Labute approximate surface area is 153 Å². The number of hydrogen-bond donors (Lipinski definition) is 1. The van der Waals surface area contributed by atoms with Crippen LogP contribution in [0.3, 0.4) is 0 Å². The SMILES string of the molecule is COc1ccc(OCC(=O)NCC2CCN(c3ncccn3)CC2)cc1. The number of ether oxygens (including phenoxy) is 2. The molecule has 2 heterocycles. The lowest BCUT2D eigenvalue weighted by atomic mass is 9.97. The van der Waals surface area contributed by atoms with Crippen molar-refractivity contribution < 1.29 is 14.3 Å². The van der Waals surface area contributed by atoms with Crippen molar-refractivity contribution in [3.05, 3.63) is 42.7 Å². The molecule has 0 aliphatic carbocycles. The monoisotopic (exact) mass is 356 g/mol. The number of amides is 1. The molecule has 0 bridgehead atoms. The van der Waals surface area contributed by atoms with Crippen molar-refractivity contribution in [3.63, 3.8) is 0 Å². The van der Waals surface area contributed by atoms with E-state index >= 15 is 0 Å². The van der Waals surface area contributed by atoms with Gasteiger partial charge in [0.1, 0.15) is 11.5 Å². The van der Waals surface area contributed by atoms with Crippen molar-refractivity contribution in [2.24, 2.45) is 5.92 Å². The zero-order valence-corrected chi connectivity index (χ0v) is 14.9. The van der Waals surface area contributed by atoms with Gasteiger partial charge >= 0.3 is 0 Å². The summed E-state index contributed by atoms with van der Waals surface area (Å²) in [5.41, 5.74) is 0. The number of carbonyl (C=O) groups is 1. The van der Waals surface area contributed by atoms with Crippen molar-refractivity contribution in [3.8, 4) is 11.5 Å². The van der Waals surface area contributed by atoms with E-state index in [1.807, 2.05) is 6.07 Å². The fourth-order valence-corrected chi connectivity index (χ4v) is 2.92. The number of piperidine rings is 1. The zero-order valence-electron chi connectivity index (χ0n) is 14.9. The molecular formula is C19H24N4O3. The van der Waals surface area contributed by atoms with Crippen molar-refractivity contribution in [2.45, 2.75) is 12.8 Å². The highest BCUT2D eigenvalue weighted by Gasteiger charge is 2.21. The smallest absolute Gasteiger partial charge is 0.257 e. The van der Waals surface area contributed by atoms with E-state index in [9.17, 15) is 4.79 Å². The number of nitrogens with one attached hydrogen (secondary N) is 1. The third kappa shape index (κ3) is 5.08. The summed E-state index contributed by atoms with van der Waals surface area (Å²) >= 11 is 0. The van der Waals surface area contributed by atoms with Crippen molar-refractivity contribution in [1.29, 1.82) is 0 Å². The molecule has 1 amide bonds. The third-order valence-electron chi connectivity index (χ3n) is 4.47. The second-order valence-corrected chi connectivity index (χ2v) is 6.25. The van der Waals surface area contributed by atoms with Crippen LogP contribution in [-0.4, -0.2) is 49.2 Å². The topological polar surface area (TPSA) is 76.6 Å². The van der Waals surface area contributed by atoms with E-state index in [-0.39, 0.29) is 12.5 Å². The highest BCUT2D eigenvalue weighted by molar-refractivity contribution is 5.77. The van der Waals surface area contributed by atoms with Gasteiger partial charge in [-0.15, -0.1) is 0 Å². The van der Waals surface area contributed by atoms with E-state index < -0.39 is 0 Å². The summed E-state index contributed by atoms with van der Waals surface area (Å²) in [6, 6.07) is 9.00. The van der Waals surface area contributed by atoms with Crippen LogP contribution in [0.1, 0.15) is 12.8 Å². The van der Waals surface area contributed by atoms with Gasteiger partial charge in [-0.2, -0.15) is 0 Å². The maximum atomic E-state index is 12.0. The van der Waals surface area contributed by atoms with E-state index in [2.05, 4.69) is 20.2 Å². The molecule has 26 heavy (non-hydrogen) atoms. The lowest BCUT2D eigenvalue weighted by Gasteiger charge is -2.31. The Kier molecular flexibility index (Phi) is 6.24. The number of anilines is 1. The summed E-state index contributed by atoms with van der Waals surface area (Å²) in [5, 5.41) is 2.96. The van der Waals surface area contributed by atoms with E-state index in [4.69, 9.17) is 9.47 Å². The Morgan fingerprint density at radius 1 is 1.15 bits per heavy atom. The predicted octanol–water partition coefficient (Wildman–Crippen LogP) is 1.90. The second-order valence-electron chi connectivity index (χ2n) is 6.25. The van der Waals surface area contributed by atoms with Gasteiger partial charge < -0.3 is 19.7 Å². The first-order valence-electron chi connectivity index (χ1n) is 8.80. The number of nitrogens with zero attached hydrogens (tertiary/aromatic N) is 3. The van der Waals surface area contributed by atoms with Crippen LogP contribution in [0.4, 0.5) is 5.95 Å². The molecule has 1 aliphatic heterocycles. The number of rotatable bonds is 7. The summed E-state index contributed by atoms with van der Waals surface area (Å²) < 4.78 is 10.6. The minimum Gasteiger partial charge on any atom is -0.497 e. The molecule has 2 aromatic rings. The van der Waals surface area contributed by atoms with E-state index in [0.29, 0.717) is 18.2 Å². The molecule has 7 nitrogen and oxygen atoms in total. The predicted molar refractivity (Wildman–Crippen MR) is 98.5 cm³/mol. The van der Waals surface area contributed by atoms with Gasteiger partial charge in [-0.1, -0.05) is 0 Å².